The average Bonchev–Trinajstić information content (AvgIpc) is 2.93. The summed E-state index contributed by atoms with van der Waals surface area (Å²) in [6.07, 6.45) is -5.43. The Bertz CT molecular complexity index is 1720. The average molecular weight is 579 g/mol. The van der Waals surface area contributed by atoms with Crippen molar-refractivity contribution >= 4 is 0 Å². The molecular weight excluding hydrogens is 552 g/mol. The van der Waals surface area contributed by atoms with E-state index in [1.807, 2.05) is 0 Å². The lowest BCUT2D eigenvalue weighted by molar-refractivity contribution is 0.00115. The highest BCUT2D eigenvalue weighted by Gasteiger charge is 2.46. The van der Waals surface area contributed by atoms with Crippen LogP contribution >= 0.6 is 0 Å². The summed E-state index contributed by atoms with van der Waals surface area (Å²) in [5.41, 5.74) is 0.435. The molecule has 2 heterocycles. The van der Waals surface area contributed by atoms with E-state index in [9.17, 15) is 51.1 Å². The SMILES string of the molecule is Oc1cc(O)c2c(c1)O[C@H](c1ccc(O)c(O)c1)[C@@H](O)[C@H]2c1c(O)cc(O)c2c1OC(c1ccc(O)c(O)c1)C(O)C2. The number of ether oxygens (including phenoxy) is 2. The van der Waals surface area contributed by atoms with Crippen molar-refractivity contribution < 1.29 is 60.5 Å². The predicted octanol–water partition coefficient (Wildman–Crippen LogP) is 3.00. The zero-order valence-corrected chi connectivity index (χ0v) is 21.6. The Morgan fingerprint density at radius 3 is 1.76 bits per heavy atom. The van der Waals surface area contributed by atoms with Crippen LogP contribution in [0.5, 0.6) is 57.5 Å². The Kier molecular flexibility index (Phi) is 6.24. The molecule has 0 spiro atoms. The first-order valence-electron chi connectivity index (χ1n) is 12.8. The summed E-state index contributed by atoms with van der Waals surface area (Å²) in [5.74, 6) is -5.08. The van der Waals surface area contributed by atoms with Crippen LogP contribution in [0, 0.1) is 0 Å². The topological polar surface area (TPSA) is 221 Å². The lowest BCUT2D eigenvalue weighted by Crippen LogP contribution is -2.36. The lowest BCUT2D eigenvalue weighted by Gasteiger charge is -2.40. The second kappa shape index (κ2) is 9.72. The van der Waals surface area contributed by atoms with Crippen molar-refractivity contribution in [2.75, 3.05) is 0 Å². The van der Waals surface area contributed by atoms with Gasteiger partial charge in [-0.25, -0.2) is 0 Å². The fourth-order valence-corrected chi connectivity index (χ4v) is 5.71. The smallest absolute Gasteiger partial charge is 0.157 e. The monoisotopic (exact) mass is 578 g/mol. The van der Waals surface area contributed by atoms with E-state index in [1.165, 1.54) is 42.5 Å². The van der Waals surface area contributed by atoms with Crippen molar-refractivity contribution in [2.45, 2.75) is 36.8 Å². The molecule has 5 atom stereocenters. The fourth-order valence-electron chi connectivity index (χ4n) is 5.71. The molecule has 0 radical (unpaired) electrons. The summed E-state index contributed by atoms with van der Waals surface area (Å²) < 4.78 is 12.1. The Morgan fingerprint density at radius 2 is 1.14 bits per heavy atom. The van der Waals surface area contributed by atoms with Crippen LogP contribution in [0.3, 0.4) is 0 Å². The van der Waals surface area contributed by atoms with Crippen molar-refractivity contribution in [3.05, 3.63) is 82.4 Å². The van der Waals surface area contributed by atoms with Crippen LogP contribution in [0.4, 0.5) is 0 Å². The summed E-state index contributed by atoms with van der Waals surface area (Å²) in [7, 11) is 0. The summed E-state index contributed by atoms with van der Waals surface area (Å²) >= 11 is 0. The second-order valence-corrected chi connectivity index (χ2v) is 10.3. The molecule has 2 unspecified atom stereocenters. The van der Waals surface area contributed by atoms with Gasteiger partial charge < -0.3 is 60.5 Å². The molecule has 42 heavy (non-hydrogen) atoms. The predicted molar refractivity (Wildman–Crippen MR) is 143 cm³/mol. The molecule has 12 nitrogen and oxygen atoms in total. The first-order chi connectivity index (χ1) is 19.9. The van der Waals surface area contributed by atoms with Crippen LogP contribution in [-0.2, 0) is 6.42 Å². The highest BCUT2D eigenvalue weighted by Crippen LogP contribution is 2.57. The van der Waals surface area contributed by atoms with E-state index >= 15 is 0 Å². The van der Waals surface area contributed by atoms with Crippen LogP contribution in [0.15, 0.2) is 54.6 Å². The number of benzene rings is 4. The third-order valence-electron chi connectivity index (χ3n) is 7.67. The molecule has 10 N–H and O–H groups in total. The van der Waals surface area contributed by atoms with E-state index in [1.54, 1.807) is 0 Å². The minimum atomic E-state index is -1.59. The van der Waals surface area contributed by atoms with E-state index in [4.69, 9.17) is 9.47 Å². The fraction of sp³-hybridized carbons (Fsp3) is 0.200. The maximum Gasteiger partial charge on any atom is 0.157 e. The summed E-state index contributed by atoms with van der Waals surface area (Å²) in [4.78, 5) is 0. The third kappa shape index (κ3) is 4.24. The van der Waals surface area contributed by atoms with Crippen LogP contribution < -0.4 is 9.47 Å². The molecule has 4 aromatic rings. The van der Waals surface area contributed by atoms with Crippen LogP contribution in [0.25, 0.3) is 0 Å². The van der Waals surface area contributed by atoms with Gasteiger partial charge in [0, 0.05) is 41.3 Å². The van der Waals surface area contributed by atoms with E-state index in [0.29, 0.717) is 0 Å². The molecule has 0 saturated carbocycles. The molecule has 2 aliphatic heterocycles. The van der Waals surface area contributed by atoms with E-state index in [-0.39, 0.29) is 51.5 Å². The normalized spacial score (nSPS) is 22.9. The van der Waals surface area contributed by atoms with Gasteiger partial charge in [-0.15, -0.1) is 0 Å². The number of phenolic OH excluding ortho intramolecular Hbond substituents is 8. The molecule has 0 saturated heterocycles. The quantitative estimate of drug-likeness (QED) is 0.159. The number of rotatable bonds is 3. The molecule has 218 valence electrons. The number of aromatic hydroxyl groups is 8. The highest BCUT2D eigenvalue weighted by molar-refractivity contribution is 5.65. The molecule has 0 amide bonds. The first kappa shape index (κ1) is 27.0. The van der Waals surface area contributed by atoms with Gasteiger partial charge in [0.1, 0.15) is 46.7 Å². The van der Waals surface area contributed by atoms with Gasteiger partial charge in [0.2, 0.25) is 0 Å². The zero-order valence-electron chi connectivity index (χ0n) is 21.6. The zero-order chi connectivity index (χ0) is 30.0. The van der Waals surface area contributed by atoms with Crippen LogP contribution in [0.1, 0.15) is 45.9 Å². The number of aliphatic hydroxyl groups is 2. The number of hydrogen-bond donors (Lipinski definition) is 10. The molecule has 2 aliphatic rings. The second-order valence-electron chi connectivity index (χ2n) is 10.3. The Hall–Kier alpha value is -5.20. The lowest BCUT2D eigenvalue weighted by atomic mass is 9.77. The highest BCUT2D eigenvalue weighted by atomic mass is 16.5. The maximum atomic E-state index is 11.8. The molecule has 12 heteroatoms. The number of fused-ring (bicyclic) bond motifs is 2. The molecule has 4 aromatic carbocycles. The van der Waals surface area contributed by atoms with Gasteiger partial charge in [-0.2, -0.15) is 0 Å². The Morgan fingerprint density at radius 1 is 0.548 bits per heavy atom. The summed E-state index contributed by atoms with van der Waals surface area (Å²) in [6.45, 7) is 0. The standard InChI is InChI=1S/C30H26O12/c31-13-7-20(37)24-23(8-13)41-29(12-2-4-16(33)19(36)6-12)27(40)26(24)25-21(38)10-17(34)14-9-22(39)28(42-30(14)25)11-1-3-15(32)18(35)5-11/h1-8,10,22,26-29,31-40H,9H2/t22?,26-,27+,28?,29-/m1/s1. The molecule has 6 rings (SSSR count). The van der Waals surface area contributed by atoms with Crippen molar-refractivity contribution in [1.82, 2.24) is 0 Å². The first-order valence-corrected chi connectivity index (χ1v) is 12.8. The molecular formula is C30H26O12. The molecule has 0 bridgehead atoms. The molecule has 0 fully saturated rings. The van der Waals surface area contributed by atoms with Gasteiger partial charge in [0.15, 0.2) is 29.1 Å². The van der Waals surface area contributed by atoms with Gasteiger partial charge in [0.05, 0.1) is 12.0 Å². The van der Waals surface area contributed by atoms with E-state index in [0.717, 1.165) is 12.1 Å². The molecule has 0 aromatic heterocycles. The number of aliphatic hydroxyl groups excluding tert-OH is 2. The van der Waals surface area contributed by atoms with Gasteiger partial charge in [-0.3, -0.25) is 0 Å². The van der Waals surface area contributed by atoms with Crippen molar-refractivity contribution in [2.24, 2.45) is 0 Å². The third-order valence-corrected chi connectivity index (χ3v) is 7.67. The summed E-state index contributed by atoms with van der Waals surface area (Å²) in [5, 5.41) is 105. The van der Waals surface area contributed by atoms with Crippen molar-refractivity contribution in [1.29, 1.82) is 0 Å². The van der Waals surface area contributed by atoms with Gasteiger partial charge in [0.25, 0.3) is 0 Å². The molecule has 0 aliphatic carbocycles. The minimum absolute atomic E-state index is 0.0312. The van der Waals surface area contributed by atoms with Gasteiger partial charge >= 0.3 is 0 Å². The van der Waals surface area contributed by atoms with Crippen LogP contribution in [0.2, 0.25) is 0 Å². The van der Waals surface area contributed by atoms with Crippen molar-refractivity contribution in [3.63, 3.8) is 0 Å². The largest absolute Gasteiger partial charge is 0.508 e. The van der Waals surface area contributed by atoms with E-state index in [2.05, 4.69) is 0 Å². The Balaban J connectivity index is 1.55. The Labute approximate surface area is 237 Å². The maximum absolute atomic E-state index is 11.8. The summed E-state index contributed by atoms with van der Waals surface area (Å²) in [6, 6.07) is 10.8. The van der Waals surface area contributed by atoms with Gasteiger partial charge in [-0.05, 0) is 35.4 Å². The van der Waals surface area contributed by atoms with E-state index < -0.39 is 70.6 Å². The minimum Gasteiger partial charge on any atom is -0.508 e. The number of phenols is 8. The van der Waals surface area contributed by atoms with Crippen LogP contribution in [-0.4, -0.2) is 63.3 Å². The number of hydrogen-bond acceptors (Lipinski definition) is 12. The van der Waals surface area contributed by atoms with Crippen molar-refractivity contribution in [3.8, 4) is 57.5 Å². The van der Waals surface area contributed by atoms with Gasteiger partial charge in [-0.1, -0.05) is 12.1 Å².